The first-order valence-electron chi connectivity index (χ1n) is 7.59. The number of hydrogen-bond donors (Lipinski definition) is 1. The van der Waals surface area contributed by atoms with Crippen LogP contribution >= 0.6 is 0 Å². The van der Waals surface area contributed by atoms with Gasteiger partial charge in [0.1, 0.15) is 0 Å². The van der Waals surface area contributed by atoms with Crippen LogP contribution < -0.4 is 0 Å². The summed E-state index contributed by atoms with van der Waals surface area (Å²) in [6.07, 6.45) is 10.2. The number of aromatic nitrogens is 1. The molecule has 1 aliphatic carbocycles. The summed E-state index contributed by atoms with van der Waals surface area (Å²) in [6.45, 7) is 0. The molecule has 1 aliphatic rings. The van der Waals surface area contributed by atoms with E-state index in [1.165, 1.54) is 53.1 Å². The topological polar surface area (TPSA) is 15.8 Å². The molecule has 0 amide bonds. The number of benzene rings is 2. The maximum absolute atomic E-state index is 3.51. The van der Waals surface area contributed by atoms with Crippen LogP contribution in [-0.4, -0.2) is 4.98 Å². The number of rotatable bonds is 2. The largest absolute Gasteiger partial charge is 0.354 e. The van der Waals surface area contributed by atoms with Gasteiger partial charge in [-0.2, -0.15) is 0 Å². The van der Waals surface area contributed by atoms with E-state index in [9.17, 15) is 0 Å². The second kappa shape index (κ2) is 4.82. The molecule has 0 spiro atoms. The van der Waals surface area contributed by atoms with Gasteiger partial charge >= 0.3 is 0 Å². The molecule has 1 heteroatoms. The van der Waals surface area contributed by atoms with E-state index in [0.29, 0.717) is 0 Å². The molecule has 1 aromatic heterocycles. The molecular formula is C19H19N. The third kappa shape index (κ3) is 2.03. The Morgan fingerprint density at radius 2 is 1.70 bits per heavy atom. The highest BCUT2D eigenvalue weighted by Crippen LogP contribution is 2.28. The summed E-state index contributed by atoms with van der Waals surface area (Å²) < 4.78 is 0. The zero-order valence-electron chi connectivity index (χ0n) is 11.6. The molecule has 0 unspecified atom stereocenters. The molecule has 100 valence electrons. The Labute approximate surface area is 119 Å². The van der Waals surface area contributed by atoms with Gasteiger partial charge in [-0.25, -0.2) is 0 Å². The average Bonchev–Trinajstić information content (AvgIpc) is 3.12. The third-order valence-corrected chi connectivity index (χ3v) is 4.49. The number of hydrogen-bond acceptors (Lipinski definition) is 0. The van der Waals surface area contributed by atoms with Gasteiger partial charge in [0.05, 0.1) is 0 Å². The summed E-state index contributed by atoms with van der Waals surface area (Å²) >= 11 is 0. The van der Waals surface area contributed by atoms with Crippen molar-refractivity contribution >= 4 is 27.9 Å². The minimum Gasteiger partial charge on any atom is -0.354 e. The number of aromatic amines is 1. The molecule has 0 aliphatic heterocycles. The van der Waals surface area contributed by atoms with E-state index in [1.807, 2.05) is 0 Å². The minimum atomic E-state index is 0.799. The molecule has 1 heterocycles. The minimum absolute atomic E-state index is 0.799. The van der Waals surface area contributed by atoms with Gasteiger partial charge in [0.2, 0.25) is 0 Å². The van der Waals surface area contributed by atoms with Crippen LogP contribution in [0.25, 0.3) is 27.9 Å². The van der Waals surface area contributed by atoms with E-state index in [0.717, 1.165) is 5.92 Å². The van der Waals surface area contributed by atoms with Gasteiger partial charge in [-0.15, -0.1) is 0 Å². The van der Waals surface area contributed by atoms with Crippen LogP contribution in [0.5, 0.6) is 0 Å². The second-order valence-electron chi connectivity index (χ2n) is 5.88. The summed E-state index contributed by atoms with van der Waals surface area (Å²) in [5.41, 5.74) is 3.76. The lowest BCUT2D eigenvalue weighted by Gasteiger charge is -2.00. The van der Waals surface area contributed by atoms with Gasteiger partial charge in [-0.05, 0) is 36.5 Å². The van der Waals surface area contributed by atoms with Gasteiger partial charge in [-0.3, -0.25) is 0 Å². The Hall–Kier alpha value is -2.02. The average molecular weight is 261 g/mol. The van der Waals surface area contributed by atoms with E-state index in [4.69, 9.17) is 0 Å². The van der Waals surface area contributed by atoms with Crippen LogP contribution in [0.1, 0.15) is 31.2 Å². The second-order valence-corrected chi connectivity index (χ2v) is 5.88. The van der Waals surface area contributed by atoms with E-state index in [1.54, 1.807) is 0 Å². The molecule has 4 rings (SSSR count). The molecule has 2 aromatic carbocycles. The molecule has 1 saturated carbocycles. The highest BCUT2D eigenvalue weighted by Gasteiger charge is 2.11. The molecule has 20 heavy (non-hydrogen) atoms. The summed E-state index contributed by atoms with van der Waals surface area (Å²) in [5, 5.41) is 2.63. The van der Waals surface area contributed by atoms with Crippen molar-refractivity contribution in [1.29, 1.82) is 0 Å². The lowest BCUT2D eigenvalue weighted by Crippen LogP contribution is -1.85. The zero-order valence-corrected chi connectivity index (χ0v) is 11.6. The van der Waals surface area contributed by atoms with Crippen LogP contribution in [0.15, 0.2) is 48.5 Å². The smallest absolute Gasteiger partial charge is 0.0470 e. The van der Waals surface area contributed by atoms with Crippen molar-refractivity contribution in [1.82, 2.24) is 4.98 Å². The monoisotopic (exact) mass is 261 g/mol. The molecule has 0 saturated heterocycles. The zero-order chi connectivity index (χ0) is 13.4. The van der Waals surface area contributed by atoms with Gasteiger partial charge in [0, 0.05) is 21.8 Å². The van der Waals surface area contributed by atoms with Crippen LogP contribution in [0.2, 0.25) is 0 Å². The van der Waals surface area contributed by atoms with Gasteiger partial charge in [-0.1, -0.05) is 55.3 Å². The number of fused-ring (bicyclic) bond motifs is 3. The highest BCUT2D eigenvalue weighted by atomic mass is 14.7. The quantitative estimate of drug-likeness (QED) is 0.624. The first-order valence-corrected chi connectivity index (χ1v) is 7.59. The number of nitrogens with one attached hydrogen (secondary N) is 1. The van der Waals surface area contributed by atoms with Gasteiger partial charge in [0.15, 0.2) is 0 Å². The molecule has 3 aromatic rings. The van der Waals surface area contributed by atoms with E-state index in [-0.39, 0.29) is 0 Å². The molecule has 1 N–H and O–H groups in total. The normalized spacial score (nSPS) is 16.8. The molecule has 0 atom stereocenters. The van der Waals surface area contributed by atoms with E-state index in [2.05, 4.69) is 59.6 Å². The van der Waals surface area contributed by atoms with E-state index >= 15 is 0 Å². The summed E-state index contributed by atoms with van der Waals surface area (Å²) in [7, 11) is 0. The first-order chi connectivity index (χ1) is 9.90. The predicted molar refractivity (Wildman–Crippen MR) is 86.8 cm³/mol. The molecule has 1 fully saturated rings. The first kappa shape index (κ1) is 11.8. The van der Waals surface area contributed by atoms with Crippen molar-refractivity contribution in [3.05, 3.63) is 54.1 Å². The predicted octanol–water partition coefficient (Wildman–Crippen LogP) is 5.52. The SMILES string of the molecule is C(=CC1CCCC1)c1ccc2c(c1)[nH]c1ccccc12. The van der Waals surface area contributed by atoms with Crippen molar-refractivity contribution in [2.45, 2.75) is 25.7 Å². The van der Waals surface area contributed by atoms with Crippen LogP contribution in [-0.2, 0) is 0 Å². The van der Waals surface area contributed by atoms with Crippen LogP contribution in [0.3, 0.4) is 0 Å². The maximum atomic E-state index is 3.51. The fraction of sp³-hybridized carbons (Fsp3) is 0.263. The van der Waals surface area contributed by atoms with Crippen molar-refractivity contribution in [3.8, 4) is 0 Å². The number of H-pyrrole nitrogens is 1. The molecule has 0 bridgehead atoms. The lowest BCUT2D eigenvalue weighted by molar-refractivity contribution is 0.689. The van der Waals surface area contributed by atoms with E-state index < -0.39 is 0 Å². The van der Waals surface area contributed by atoms with Crippen LogP contribution in [0, 0.1) is 5.92 Å². The summed E-state index contributed by atoms with van der Waals surface area (Å²) in [6, 6.07) is 15.2. The molecule has 0 radical (unpaired) electrons. The lowest BCUT2D eigenvalue weighted by atomic mass is 10.0. The Balaban J connectivity index is 1.73. The number of allylic oxidation sites excluding steroid dienone is 1. The Bertz CT molecular complexity index is 773. The highest BCUT2D eigenvalue weighted by molar-refractivity contribution is 6.07. The Morgan fingerprint density at radius 1 is 0.900 bits per heavy atom. The summed E-state index contributed by atoms with van der Waals surface area (Å²) in [4.78, 5) is 3.51. The fourth-order valence-corrected chi connectivity index (χ4v) is 3.37. The van der Waals surface area contributed by atoms with Gasteiger partial charge in [0.25, 0.3) is 0 Å². The maximum Gasteiger partial charge on any atom is 0.0470 e. The van der Waals surface area contributed by atoms with Crippen LogP contribution in [0.4, 0.5) is 0 Å². The third-order valence-electron chi connectivity index (χ3n) is 4.49. The van der Waals surface area contributed by atoms with Crippen molar-refractivity contribution in [2.75, 3.05) is 0 Å². The van der Waals surface area contributed by atoms with Gasteiger partial charge < -0.3 is 4.98 Å². The number of para-hydroxylation sites is 1. The fourth-order valence-electron chi connectivity index (χ4n) is 3.37. The van der Waals surface area contributed by atoms with Crippen molar-refractivity contribution in [3.63, 3.8) is 0 Å². The van der Waals surface area contributed by atoms with Crippen molar-refractivity contribution < 1.29 is 0 Å². The Kier molecular flexibility index (Phi) is 2.84. The van der Waals surface area contributed by atoms with Crippen molar-refractivity contribution in [2.24, 2.45) is 5.92 Å². The standard InChI is InChI=1S/C19H19N/c1-2-6-14(5-1)9-10-15-11-12-17-16-7-3-4-8-18(16)20-19(17)13-15/h3-4,7-14,20H,1-2,5-6H2. The molecular weight excluding hydrogens is 242 g/mol. The summed E-state index contributed by atoms with van der Waals surface area (Å²) in [5.74, 6) is 0.799. The Morgan fingerprint density at radius 3 is 2.60 bits per heavy atom. The molecule has 1 nitrogen and oxygen atoms in total.